The molecular weight excluding hydrogens is 167 g/mol. The minimum absolute atomic E-state index is 0.379. The van der Waals surface area contributed by atoms with Crippen molar-refractivity contribution in [2.24, 2.45) is 0 Å². The van der Waals surface area contributed by atoms with Crippen LogP contribution in [0.5, 0.6) is 0 Å². The normalized spacial score (nSPS) is 15.5. The topological polar surface area (TPSA) is 0 Å². The van der Waals surface area contributed by atoms with Crippen LogP contribution < -0.4 is 0 Å². The van der Waals surface area contributed by atoms with E-state index in [1.807, 2.05) is 0 Å². The molecule has 0 saturated heterocycles. The maximum absolute atomic E-state index is 2.36. The molecule has 0 bridgehead atoms. The smallest absolute Gasteiger partial charge is 0.114 e. The van der Waals surface area contributed by atoms with Crippen molar-refractivity contribution in [3.8, 4) is 0 Å². The molecule has 0 radical (unpaired) electrons. The molecule has 0 saturated carbocycles. The fourth-order valence-corrected chi connectivity index (χ4v) is 2.00. The maximum atomic E-state index is 2.36. The predicted molar refractivity (Wildman–Crippen MR) is 64.6 cm³/mol. The van der Waals surface area contributed by atoms with Crippen molar-refractivity contribution < 1.29 is 0 Å². The van der Waals surface area contributed by atoms with Crippen molar-refractivity contribution in [2.75, 3.05) is 0 Å². The van der Waals surface area contributed by atoms with Gasteiger partial charge in [0.2, 0.25) is 0 Å². The molecule has 0 N–H and O–H groups in total. The van der Waals surface area contributed by atoms with Crippen molar-refractivity contribution in [2.45, 2.75) is 32.4 Å². The van der Waals surface area contributed by atoms with Gasteiger partial charge in [-0.2, -0.15) is 0 Å². The molecule has 14 heavy (non-hydrogen) atoms. The summed E-state index contributed by atoms with van der Waals surface area (Å²) in [5, 5.41) is 0.379. The highest BCUT2D eigenvalue weighted by atomic mass is 14.1. The van der Waals surface area contributed by atoms with Crippen LogP contribution in [-0.2, 0) is 6.32 Å². The Kier molecular flexibility index (Phi) is 2.26. The molecular formula is C13H17B. The van der Waals surface area contributed by atoms with Gasteiger partial charge in [0, 0.05) is 0 Å². The highest BCUT2D eigenvalue weighted by Crippen LogP contribution is 2.33. The lowest BCUT2D eigenvalue weighted by Crippen LogP contribution is -2.28. The summed E-state index contributed by atoms with van der Waals surface area (Å²) >= 11 is 0. The van der Waals surface area contributed by atoms with Crippen LogP contribution in [-0.4, -0.2) is 6.71 Å². The van der Waals surface area contributed by atoms with Crippen molar-refractivity contribution in [1.29, 1.82) is 0 Å². The van der Waals surface area contributed by atoms with E-state index in [1.54, 1.807) is 0 Å². The summed E-state index contributed by atoms with van der Waals surface area (Å²) < 4.78 is 0. The third kappa shape index (κ3) is 1.77. The zero-order valence-corrected chi connectivity index (χ0v) is 9.25. The highest BCUT2D eigenvalue weighted by molar-refractivity contribution is 6.68. The summed E-state index contributed by atoms with van der Waals surface area (Å²) in [6.07, 6.45) is 3.46. The number of rotatable bonds is 0. The van der Waals surface area contributed by atoms with E-state index in [0.29, 0.717) is 12.0 Å². The molecule has 72 valence electrons. The Labute approximate surface area is 87.1 Å². The predicted octanol–water partition coefficient (Wildman–Crippen LogP) is 3.63. The molecule has 0 aromatic heterocycles. The monoisotopic (exact) mass is 184 g/mol. The van der Waals surface area contributed by atoms with Crippen molar-refractivity contribution in [1.82, 2.24) is 0 Å². The van der Waals surface area contributed by atoms with Crippen LogP contribution in [0.4, 0.5) is 0 Å². The molecule has 1 aliphatic heterocycles. The van der Waals surface area contributed by atoms with E-state index in [1.165, 1.54) is 17.4 Å². The van der Waals surface area contributed by atoms with E-state index in [4.69, 9.17) is 0 Å². The summed E-state index contributed by atoms with van der Waals surface area (Å²) in [6.45, 7) is 7.62. The summed E-state index contributed by atoms with van der Waals surface area (Å²) in [5.74, 6) is 2.36. The summed E-state index contributed by atoms with van der Waals surface area (Å²) in [7, 11) is 0. The fourth-order valence-electron chi connectivity index (χ4n) is 2.00. The molecule has 1 aromatic carbocycles. The van der Waals surface area contributed by atoms with Crippen LogP contribution in [0.2, 0.25) is 5.31 Å². The van der Waals surface area contributed by atoms with Gasteiger partial charge in [0.05, 0.1) is 0 Å². The summed E-state index contributed by atoms with van der Waals surface area (Å²) in [6, 6.07) is 8.70. The van der Waals surface area contributed by atoms with Gasteiger partial charge in [-0.15, -0.1) is 5.98 Å². The standard InChI is InChI=1S/C13H17B/c1-13(2,3)14-9-8-11-6-4-5-7-12(11)10-14/h4-9H,10H2,1-3H3. The lowest BCUT2D eigenvalue weighted by atomic mass is 9.31. The molecule has 0 aliphatic carbocycles. The summed E-state index contributed by atoms with van der Waals surface area (Å²) in [4.78, 5) is 0. The van der Waals surface area contributed by atoms with Gasteiger partial charge in [0.1, 0.15) is 0 Å². The van der Waals surface area contributed by atoms with Crippen LogP contribution in [0.3, 0.4) is 0 Å². The lowest BCUT2D eigenvalue weighted by molar-refractivity contribution is 0.737. The molecule has 1 heterocycles. The minimum atomic E-state index is 0.379. The van der Waals surface area contributed by atoms with Gasteiger partial charge in [-0.1, -0.05) is 56.4 Å². The first-order valence-electron chi connectivity index (χ1n) is 5.33. The minimum Gasteiger partial charge on any atom is -0.114 e. The average Bonchev–Trinajstić information content (AvgIpc) is 2.16. The van der Waals surface area contributed by atoms with Crippen LogP contribution in [0.1, 0.15) is 31.9 Å². The van der Waals surface area contributed by atoms with Gasteiger partial charge < -0.3 is 0 Å². The number of hydrogen-bond donors (Lipinski definition) is 0. The Balaban J connectivity index is 2.30. The molecule has 0 amide bonds. The second kappa shape index (κ2) is 3.31. The third-order valence-electron chi connectivity index (χ3n) is 3.12. The van der Waals surface area contributed by atoms with E-state index in [0.717, 1.165) is 0 Å². The quantitative estimate of drug-likeness (QED) is 0.540. The first kappa shape index (κ1) is 9.58. The SMILES string of the molecule is CC(C)(C)B1C=Cc2ccccc2C1. The molecule has 0 spiro atoms. The number of fused-ring (bicyclic) bond motifs is 1. The zero-order valence-electron chi connectivity index (χ0n) is 9.25. The first-order valence-corrected chi connectivity index (χ1v) is 5.33. The molecule has 1 aromatic rings. The fraction of sp³-hybridized carbons (Fsp3) is 0.385. The van der Waals surface area contributed by atoms with Gasteiger partial charge in [-0.3, -0.25) is 0 Å². The van der Waals surface area contributed by atoms with E-state index >= 15 is 0 Å². The van der Waals surface area contributed by atoms with E-state index < -0.39 is 0 Å². The molecule has 0 atom stereocenters. The molecule has 1 heteroatoms. The van der Waals surface area contributed by atoms with Gasteiger partial charge in [0.25, 0.3) is 0 Å². The maximum Gasteiger partial charge on any atom is 0.176 e. The average molecular weight is 184 g/mol. The van der Waals surface area contributed by atoms with Crippen LogP contribution >= 0.6 is 0 Å². The molecule has 0 unspecified atom stereocenters. The lowest BCUT2D eigenvalue weighted by Gasteiger charge is -2.28. The Morgan fingerprint density at radius 2 is 1.86 bits per heavy atom. The van der Waals surface area contributed by atoms with E-state index in [9.17, 15) is 0 Å². The second-order valence-electron chi connectivity index (χ2n) is 5.23. The van der Waals surface area contributed by atoms with Crippen LogP contribution in [0.15, 0.2) is 30.2 Å². The molecule has 2 rings (SSSR count). The number of benzene rings is 1. The van der Waals surface area contributed by atoms with Gasteiger partial charge in [-0.25, -0.2) is 0 Å². The first-order chi connectivity index (χ1) is 6.57. The Morgan fingerprint density at radius 3 is 2.57 bits per heavy atom. The van der Waals surface area contributed by atoms with E-state index in [-0.39, 0.29) is 0 Å². The highest BCUT2D eigenvalue weighted by Gasteiger charge is 2.28. The molecule has 1 aliphatic rings. The van der Waals surface area contributed by atoms with Gasteiger partial charge >= 0.3 is 0 Å². The summed E-state index contributed by atoms with van der Waals surface area (Å²) in [5.41, 5.74) is 2.89. The second-order valence-corrected chi connectivity index (χ2v) is 5.23. The largest absolute Gasteiger partial charge is 0.176 e. The van der Waals surface area contributed by atoms with Crippen molar-refractivity contribution in [3.63, 3.8) is 0 Å². The van der Waals surface area contributed by atoms with Gasteiger partial charge in [-0.05, 0) is 17.4 Å². The van der Waals surface area contributed by atoms with Gasteiger partial charge in [0.15, 0.2) is 6.71 Å². The third-order valence-corrected chi connectivity index (χ3v) is 3.12. The molecule has 0 nitrogen and oxygen atoms in total. The Morgan fingerprint density at radius 1 is 1.14 bits per heavy atom. The van der Waals surface area contributed by atoms with E-state index in [2.05, 4.69) is 57.1 Å². The zero-order chi connectivity index (χ0) is 10.2. The van der Waals surface area contributed by atoms with Crippen LogP contribution in [0.25, 0.3) is 6.08 Å². The number of hydrogen-bond acceptors (Lipinski definition) is 0. The van der Waals surface area contributed by atoms with Crippen molar-refractivity contribution in [3.05, 3.63) is 41.4 Å². The Hall–Kier alpha value is -0.975. The van der Waals surface area contributed by atoms with Crippen LogP contribution in [0, 0.1) is 0 Å². The van der Waals surface area contributed by atoms with Crippen molar-refractivity contribution >= 4 is 12.8 Å². The molecule has 0 fully saturated rings. The Bertz CT molecular complexity index is 358.